The summed E-state index contributed by atoms with van der Waals surface area (Å²) in [6, 6.07) is 16.9. The van der Waals surface area contributed by atoms with Crippen molar-refractivity contribution in [3.05, 3.63) is 76.9 Å². The van der Waals surface area contributed by atoms with E-state index >= 15 is 0 Å². The van der Waals surface area contributed by atoms with E-state index in [-0.39, 0.29) is 17.0 Å². The van der Waals surface area contributed by atoms with Crippen molar-refractivity contribution in [1.29, 1.82) is 0 Å². The zero-order valence-electron chi connectivity index (χ0n) is 19.0. The van der Waals surface area contributed by atoms with Crippen LogP contribution in [0.25, 0.3) is 5.70 Å². The van der Waals surface area contributed by atoms with Crippen LogP contribution in [0.5, 0.6) is 0 Å². The number of hydrogen-bond acceptors (Lipinski definition) is 3. The Hall–Kier alpha value is -2.79. The Kier molecular flexibility index (Phi) is 5.80. The molecule has 1 saturated heterocycles. The third-order valence-electron chi connectivity index (χ3n) is 6.29. The maximum Gasteiger partial charge on any atom is 0.317 e. The third kappa shape index (κ3) is 4.93. The lowest BCUT2D eigenvalue weighted by Gasteiger charge is -2.36. The largest absolute Gasteiger partial charge is 0.334 e. The minimum absolute atomic E-state index is 0.0108. The summed E-state index contributed by atoms with van der Waals surface area (Å²) < 4.78 is 0. The smallest absolute Gasteiger partial charge is 0.317 e. The number of carbonyl (C=O) groups is 1. The first kappa shape index (κ1) is 21.4. The standard InChI is InChI=1S/C26H33N3O2/c1-19-5-7-20(8-6-19)18-27-24(30)29-15-13-26(14-16-29)17-23(28-31-26)21-9-11-22(12-10-21)25(2,3)4/h5-12,17,28H,13-16,18H2,1-4H3,(H,27,30). The molecule has 0 unspecified atom stereocenters. The van der Waals surface area contributed by atoms with Gasteiger partial charge in [0.1, 0.15) is 5.60 Å². The fourth-order valence-electron chi connectivity index (χ4n) is 4.10. The number of likely N-dealkylation sites (tertiary alicyclic amines) is 1. The summed E-state index contributed by atoms with van der Waals surface area (Å²) in [4.78, 5) is 20.5. The number of hydrogen-bond donors (Lipinski definition) is 2. The first-order valence-corrected chi connectivity index (χ1v) is 11.1. The van der Waals surface area contributed by atoms with Crippen LogP contribution in [0.15, 0.2) is 54.6 Å². The van der Waals surface area contributed by atoms with E-state index in [0.29, 0.717) is 19.6 Å². The van der Waals surface area contributed by atoms with Gasteiger partial charge in [-0.1, -0.05) is 74.9 Å². The van der Waals surface area contributed by atoms with Gasteiger partial charge in [0.2, 0.25) is 0 Å². The van der Waals surface area contributed by atoms with E-state index in [1.807, 2.05) is 4.90 Å². The second kappa shape index (κ2) is 8.39. The lowest BCUT2D eigenvalue weighted by atomic mass is 9.86. The van der Waals surface area contributed by atoms with Crippen molar-refractivity contribution in [2.75, 3.05) is 13.1 Å². The highest BCUT2D eigenvalue weighted by Gasteiger charge is 2.39. The molecule has 4 rings (SSSR count). The van der Waals surface area contributed by atoms with E-state index in [9.17, 15) is 4.79 Å². The molecule has 0 aliphatic carbocycles. The first-order chi connectivity index (χ1) is 14.7. The molecule has 0 atom stereocenters. The molecule has 2 amide bonds. The number of urea groups is 1. The Morgan fingerprint density at radius 3 is 2.32 bits per heavy atom. The summed E-state index contributed by atoms with van der Waals surface area (Å²) in [5.74, 6) is 0. The molecule has 164 valence electrons. The Labute approximate surface area is 185 Å². The summed E-state index contributed by atoms with van der Waals surface area (Å²) >= 11 is 0. The Balaban J connectivity index is 1.33. The van der Waals surface area contributed by atoms with Crippen molar-refractivity contribution in [2.45, 2.75) is 58.1 Å². The van der Waals surface area contributed by atoms with Crippen molar-refractivity contribution < 1.29 is 9.63 Å². The molecule has 5 nitrogen and oxygen atoms in total. The van der Waals surface area contributed by atoms with Crippen LogP contribution >= 0.6 is 0 Å². The molecular weight excluding hydrogens is 386 g/mol. The predicted octanol–water partition coefficient (Wildman–Crippen LogP) is 4.91. The monoisotopic (exact) mass is 419 g/mol. The fourth-order valence-corrected chi connectivity index (χ4v) is 4.10. The fraction of sp³-hybridized carbons (Fsp3) is 0.423. The summed E-state index contributed by atoms with van der Waals surface area (Å²) in [6.45, 7) is 10.6. The van der Waals surface area contributed by atoms with E-state index in [2.05, 4.69) is 93.1 Å². The van der Waals surface area contributed by atoms with Crippen molar-refractivity contribution >= 4 is 11.7 Å². The molecule has 2 N–H and O–H groups in total. The molecule has 2 aliphatic rings. The van der Waals surface area contributed by atoms with Gasteiger partial charge in [-0.3, -0.25) is 10.3 Å². The van der Waals surface area contributed by atoms with Gasteiger partial charge in [-0.2, -0.15) is 0 Å². The van der Waals surface area contributed by atoms with Gasteiger partial charge in [0.15, 0.2) is 0 Å². The number of rotatable bonds is 3. The van der Waals surface area contributed by atoms with Gasteiger partial charge in [-0.25, -0.2) is 4.79 Å². The molecular formula is C26H33N3O2. The molecule has 0 radical (unpaired) electrons. The maximum atomic E-state index is 12.6. The molecule has 0 saturated carbocycles. The minimum atomic E-state index is -0.341. The normalized spacial score (nSPS) is 17.9. The number of hydroxylamine groups is 1. The average Bonchev–Trinajstić information content (AvgIpc) is 3.16. The highest BCUT2D eigenvalue weighted by Crippen LogP contribution is 2.35. The summed E-state index contributed by atoms with van der Waals surface area (Å²) in [5.41, 5.74) is 8.72. The highest BCUT2D eigenvalue weighted by atomic mass is 16.7. The molecule has 2 aromatic carbocycles. The quantitative estimate of drug-likeness (QED) is 0.743. The lowest BCUT2D eigenvalue weighted by molar-refractivity contribution is -0.0639. The van der Waals surface area contributed by atoms with Crippen LogP contribution in [0, 0.1) is 6.92 Å². The lowest BCUT2D eigenvalue weighted by Crippen LogP contribution is -2.49. The van der Waals surface area contributed by atoms with Crippen molar-refractivity contribution in [2.24, 2.45) is 0 Å². The summed E-state index contributed by atoms with van der Waals surface area (Å²) in [5, 5.41) is 3.03. The molecule has 31 heavy (non-hydrogen) atoms. The van der Waals surface area contributed by atoms with E-state index < -0.39 is 0 Å². The van der Waals surface area contributed by atoms with Crippen LogP contribution in [-0.4, -0.2) is 29.6 Å². The van der Waals surface area contributed by atoms with Crippen LogP contribution in [0.1, 0.15) is 55.9 Å². The Morgan fingerprint density at radius 2 is 1.71 bits per heavy atom. The van der Waals surface area contributed by atoms with Crippen molar-refractivity contribution in [3.8, 4) is 0 Å². The number of benzene rings is 2. The topological polar surface area (TPSA) is 53.6 Å². The summed E-state index contributed by atoms with van der Waals surface area (Å²) in [6.07, 6.45) is 3.75. The van der Waals surface area contributed by atoms with Gasteiger partial charge in [-0.05, 0) is 35.1 Å². The Bertz CT molecular complexity index is 948. The van der Waals surface area contributed by atoms with Gasteiger partial charge in [-0.15, -0.1) is 0 Å². The highest BCUT2D eigenvalue weighted by molar-refractivity contribution is 5.74. The average molecular weight is 420 g/mol. The maximum absolute atomic E-state index is 12.6. The molecule has 0 bridgehead atoms. The molecule has 2 aromatic rings. The van der Waals surface area contributed by atoms with Crippen LogP contribution in [0.3, 0.4) is 0 Å². The third-order valence-corrected chi connectivity index (χ3v) is 6.29. The van der Waals surface area contributed by atoms with Crippen molar-refractivity contribution in [1.82, 2.24) is 15.7 Å². The van der Waals surface area contributed by atoms with E-state index in [4.69, 9.17) is 4.84 Å². The number of carbonyl (C=O) groups excluding carboxylic acids is 1. The second-order valence-electron chi connectivity index (χ2n) is 9.79. The van der Waals surface area contributed by atoms with Crippen molar-refractivity contribution in [3.63, 3.8) is 0 Å². The van der Waals surface area contributed by atoms with Crippen LogP contribution in [-0.2, 0) is 16.8 Å². The molecule has 1 spiro atoms. The summed E-state index contributed by atoms with van der Waals surface area (Å²) in [7, 11) is 0. The van der Waals surface area contributed by atoms with Gasteiger partial charge in [0.25, 0.3) is 0 Å². The van der Waals surface area contributed by atoms with E-state index in [0.717, 1.165) is 29.7 Å². The Morgan fingerprint density at radius 1 is 1.06 bits per heavy atom. The minimum Gasteiger partial charge on any atom is -0.334 e. The van der Waals surface area contributed by atoms with Crippen LogP contribution in [0.4, 0.5) is 4.79 Å². The molecule has 2 aliphatic heterocycles. The molecule has 5 heteroatoms. The number of nitrogens with zero attached hydrogens (tertiary/aromatic N) is 1. The number of amides is 2. The number of piperidine rings is 1. The van der Waals surface area contributed by atoms with E-state index in [1.165, 1.54) is 11.1 Å². The second-order valence-corrected chi connectivity index (χ2v) is 9.79. The van der Waals surface area contributed by atoms with Crippen LogP contribution in [0.2, 0.25) is 0 Å². The number of nitrogens with one attached hydrogen (secondary N) is 2. The number of aryl methyl sites for hydroxylation is 1. The van der Waals surface area contributed by atoms with E-state index in [1.54, 1.807) is 0 Å². The van der Waals surface area contributed by atoms with Gasteiger partial charge >= 0.3 is 6.03 Å². The molecule has 0 aromatic heterocycles. The predicted molar refractivity (Wildman–Crippen MR) is 124 cm³/mol. The zero-order valence-corrected chi connectivity index (χ0v) is 19.0. The van der Waals surface area contributed by atoms with Gasteiger partial charge in [0, 0.05) is 32.5 Å². The van der Waals surface area contributed by atoms with Gasteiger partial charge in [0.05, 0.1) is 5.70 Å². The van der Waals surface area contributed by atoms with Crippen LogP contribution < -0.4 is 10.8 Å². The van der Waals surface area contributed by atoms with Gasteiger partial charge < -0.3 is 10.2 Å². The first-order valence-electron chi connectivity index (χ1n) is 11.1. The zero-order chi connectivity index (χ0) is 22.1. The molecule has 1 fully saturated rings. The molecule has 2 heterocycles. The SMILES string of the molecule is Cc1ccc(CNC(=O)N2CCC3(C=C(c4ccc(C(C)(C)C)cc4)NO3)CC2)cc1.